The summed E-state index contributed by atoms with van der Waals surface area (Å²) in [7, 11) is 0. The van der Waals surface area contributed by atoms with Crippen molar-refractivity contribution in [3.63, 3.8) is 0 Å². The van der Waals surface area contributed by atoms with Crippen molar-refractivity contribution >= 4 is 10.8 Å². The topological polar surface area (TPSA) is 33.0 Å². The number of rotatable bonds is 2. The van der Waals surface area contributed by atoms with E-state index in [9.17, 15) is 0 Å². The van der Waals surface area contributed by atoms with Gasteiger partial charge in [0.1, 0.15) is 5.75 Å². The molecular formula is C21H25NO. The van der Waals surface area contributed by atoms with E-state index in [0.29, 0.717) is 17.1 Å². The number of hydrogen-bond acceptors (Lipinski definition) is 2. The van der Waals surface area contributed by atoms with Gasteiger partial charge in [-0.2, -0.15) is 5.26 Å². The van der Waals surface area contributed by atoms with Gasteiger partial charge in [0, 0.05) is 0 Å². The smallest absolute Gasteiger partial charge is 0.120 e. The van der Waals surface area contributed by atoms with Crippen LogP contribution >= 0.6 is 0 Å². The average molecular weight is 307 g/mol. The molecule has 0 heterocycles. The number of ether oxygens (including phenoxy) is 1. The summed E-state index contributed by atoms with van der Waals surface area (Å²) in [6, 6.07) is 14.1. The lowest BCUT2D eigenvalue weighted by atomic mass is 9.72. The zero-order chi connectivity index (χ0) is 16.4. The maximum atomic E-state index is 8.97. The second-order valence-corrected chi connectivity index (χ2v) is 7.79. The molecule has 0 saturated heterocycles. The molecule has 2 nitrogen and oxygen atoms in total. The molecule has 1 fully saturated rings. The van der Waals surface area contributed by atoms with Gasteiger partial charge >= 0.3 is 0 Å². The van der Waals surface area contributed by atoms with E-state index < -0.39 is 0 Å². The highest BCUT2D eigenvalue weighted by molar-refractivity contribution is 5.85. The van der Waals surface area contributed by atoms with Crippen LogP contribution in [0.4, 0.5) is 0 Å². The molecule has 120 valence electrons. The third-order valence-corrected chi connectivity index (χ3v) is 5.14. The second-order valence-electron chi connectivity index (χ2n) is 7.79. The van der Waals surface area contributed by atoms with E-state index in [1.54, 1.807) is 0 Å². The Morgan fingerprint density at radius 2 is 1.61 bits per heavy atom. The first-order chi connectivity index (χ1) is 11.0. The van der Waals surface area contributed by atoms with Gasteiger partial charge in [-0.3, -0.25) is 0 Å². The average Bonchev–Trinajstić information content (AvgIpc) is 2.54. The van der Waals surface area contributed by atoms with Crippen molar-refractivity contribution in [3.05, 3.63) is 42.0 Å². The van der Waals surface area contributed by atoms with Crippen molar-refractivity contribution in [1.82, 2.24) is 0 Å². The highest BCUT2D eigenvalue weighted by atomic mass is 16.5. The first-order valence-corrected chi connectivity index (χ1v) is 8.56. The van der Waals surface area contributed by atoms with E-state index in [0.717, 1.165) is 35.3 Å². The molecule has 0 bridgehead atoms. The van der Waals surface area contributed by atoms with Gasteiger partial charge in [-0.05, 0) is 72.1 Å². The molecular weight excluding hydrogens is 282 g/mol. The molecule has 1 saturated carbocycles. The molecule has 2 aromatic carbocycles. The quantitative estimate of drug-likeness (QED) is 0.713. The Labute approximate surface area is 139 Å². The van der Waals surface area contributed by atoms with Gasteiger partial charge in [-0.25, -0.2) is 0 Å². The van der Waals surface area contributed by atoms with Gasteiger partial charge in [0.15, 0.2) is 0 Å². The van der Waals surface area contributed by atoms with Crippen molar-refractivity contribution in [1.29, 1.82) is 5.26 Å². The van der Waals surface area contributed by atoms with Crippen LogP contribution in [0.15, 0.2) is 36.4 Å². The first kappa shape index (κ1) is 15.9. The SMILES string of the molecule is CC(C)(C)[C@H]1CC[C@H](Oc2ccc3cc(C#N)ccc3c2)CC1. The molecule has 3 rings (SSSR count). The first-order valence-electron chi connectivity index (χ1n) is 8.56. The lowest BCUT2D eigenvalue weighted by Gasteiger charge is -2.36. The van der Waals surface area contributed by atoms with Gasteiger partial charge in [0.25, 0.3) is 0 Å². The molecule has 0 unspecified atom stereocenters. The van der Waals surface area contributed by atoms with Crippen molar-refractivity contribution in [2.45, 2.75) is 52.6 Å². The van der Waals surface area contributed by atoms with Crippen LogP contribution in [0, 0.1) is 22.7 Å². The van der Waals surface area contributed by atoms with E-state index >= 15 is 0 Å². The normalized spacial score (nSPS) is 21.8. The minimum absolute atomic E-state index is 0.337. The lowest BCUT2D eigenvalue weighted by molar-refractivity contribution is 0.0883. The van der Waals surface area contributed by atoms with Crippen LogP contribution < -0.4 is 4.74 Å². The van der Waals surface area contributed by atoms with Crippen molar-refractivity contribution in [2.75, 3.05) is 0 Å². The summed E-state index contributed by atoms with van der Waals surface area (Å²) in [5.41, 5.74) is 1.11. The molecule has 0 aliphatic heterocycles. The monoisotopic (exact) mass is 307 g/mol. The molecule has 0 amide bonds. The van der Waals surface area contributed by atoms with Crippen LogP contribution in [0.1, 0.15) is 52.0 Å². The van der Waals surface area contributed by atoms with Crippen LogP contribution in [0.3, 0.4) is 0 Å². The summed E-state index contributed by atoms with van der Waals surface area (Å²) >= 11 is 0. The van der Waals surface area contributed by atoms with Gasteiger partial charge in [-0.15, -0.1) is 0 Å². The summed E-state index contributed by atoms with van der Waals surface area (Å²) < 4.78 is 6.22. The minimum atomic E-state index is 0.337. The summed E-state index contributed by atoms with van der Waals surface area (Å²) in [5, 5.41) is 11.2. The Morgan fingerprint density at radius 1 is 0.957 bits per heavy atom. The van der Waals surface area contributed by atoms with Crippen LogP contribution in [-0.2, 0) is 0 Å². The molecule has 23 heavy (non-hydrogen) atoms. The van der Waals surface area contributed by atoms with Crippen LogP contribution in [-0.4, -0.2) is 6.10 Å². The molecule has 0 aromatic heterocycles. The van der Waals surface area contributed by atoms with E-state index in [2.05, 4.69) is 32.9 Å². The molecule has 2 heteroatoms. The maximum absolute atomic E-state index is 8.97. The highest BCUT2D eigenvalue weighted by Gasteiger charge is 2.30. The van der Waals surface area contributed by atoms with Crippen LogP contribution in [0.5, 0.6) is 5.75 Å². The maximum Gasteiger partial charge on any atom is 0.120 e. The second kappa shape index (κ2) is 6.24. The van der Waals surface area contributed by atoms with Crippen molar-refractivity contribution in [3.8, 4) is 11.8 Å². The number of nitrogens with zero attached hydrogens (tertiary/aromatic N) is 1. The molecule has 2 aromatic rings. The van der Waals surface area contributed by atoms with Crippen molar-refractivity contribution < 1.29 is 4.74 Å². The zero-order valence-electron chi connectivity index (χ0n) is 14.3. The van der Waals surface area contributed by atoms with Crippen LogP contribution in [0.2, 0.25) is 0 Å². The fourth-order valence-corrected chi connectivity index (χ4v) is 3.61. The van der Waals surface area contributed by atoms with Gasteiger partial charge < -0.3 is 4.74 Å². The number of fused-ring (bicyclic) bond motifs is 1. The Kier molecular flexibility index (Phi) is 4.31. The Balaban J connectivity index is 1.67. The number of nitriles is 1. The number of hydrogen-bond donors (Lipinski definition) is 0. The Bertz CT molecular complexity index is 728. The summed E-state index contributed by atoms with van der Waals surface area (Å²) in [4.78, 5) is 0. The molecule has 0 spiro atoms. The summed E-state index contributed by atoms with van der Waals surface area (Å²) in [5.74, 6) is 1.75. The largest absolute Gasteiger partial charge is 0.490 e. The Hall–Kier alpha value is -2.01. The Morgan fingerprint density at radius 3 is 2.26 bits per heavy atom. The van der Waals surface area contributed by atoms with E-state index in [-0.39, 0.29) is 0 Å². The fourth-order valence-electron chi connectivity index (χ4n) is 3.61. The fraction of sp³-hybridized carbons (Fsp3) is 0.476. The van der Waals surface area contributed by atoms with E-state index in [1.165, 1.54) is 12.8 Å². The zero-order valence-corrected chi connectivity index (χ0v) is 14.3. The molecule has 0 N–H and O–H groups in total. The molecule has 0 atom stereocenters. The summed E-state index contributed by atoms with van der Waals surface area (Å²) in [6.45, 7) is 7.03. The highest BCUT2D eigenvalue weighted by Crippen LogP contribution is 2.38. The van der Waals surface area contributed by atoms with Crippen molar-refractivity contribution in [2.24, 2.45) is 11.3 Å². The minimum Gasteiger partial charge on any atom is -0.490 e. The standard InChI is InChI=1S/C21H25NO/c1-21(2,3)18-7-10-19(11-8-18)23-20-9-6-16-12-15(14-22)4-5-17(16)13-20/h4-6,9,12-13,18-19H,7-8,10-11H2,1-3H3/t18-,19-. The predicted molar refractivity (Wildman–Crippen MR) is 94.5 cm³/mol. The number of benzene rings is 2. The molecule has 1 aliphatic rings. The van der Waals surface area contributed by atoms with E-state index in [1.807, 2.05) is 30.3 Å². The van der Waals surface area contributed by atoms with Gasteiger partial charge in [0.05, 0.1) is 17.7 Å². The van der Waals surface area contributed by atoms with Gasteiger partial charge in [0.2, 0.25) is 0 Å². The van der Waals surface area contributed by atoms with Gasteiger partial charge in [-0.1, -0.05) is 32.9 Å². The lowest BCUT2D eigenvalue weighted by Crippen LogP contribution is -2.30. The third-order valence-electron chi connectivity index (χ3n) is 5.14. The molecule has 1 aliphatic carbocycles. The predicted octanol–water partition coefficient (Wildman–Crippen LogP) is 5.70. The van der Waals surface area contributed by atoms with E-state index in [4.69, 9.17) is 10.00 Å². The molecule has 0 radical (unpaired) electrons. The van der Waals surface area contributed by atoms with Crippen LogP contribution in [0.25, 0.3) is 10.8 Å². The third kappa shape index (κ3) is 3.67. The summed E-state index contributed by atoms with van der Waals surface area (Å²) in [6.07, 6.45) is 5.14.